The highest BCUT2D eigenvalue weighted by atomic mass is 79.9. The zero-order valence-corrected chi connectivity index (χ0v) is 15.7. The predicted octanol–water partition coefficient (Wildman–Crippen LogP) is 4.90. The van der Waals surface area contributed by atoms with E-state index in [9.17, 15) is 0 Å². The summed E-state index contributed by atoms with van der Waals surface area (Å²) in [6, 6.07) is 9.71. The average Bonchev–Trinajstić information content (AvgIpc) is 2.74. The van der Waals surface area contributed by atoms with E-state index in [0.29, 0.717) is 5.95 Å². The molecule has 2 N–H and O–H groups in total. The molecule has 0 radical (unpaired) electrons. The molecule has 7 heteroatoms. The fourth-order valence-electron chi connectivity index (χ4n) is 2.17. The van der Waals surface area contributed by atoms with Crippen molar-refractivity contribution >= 4 is 64.8 Å². The first kappa shape index (κ1) is 14.9. The lowest BCUT2D eigenvalue weighted by molar-refractivity contribution is 0.412. The fraction of sp³-hybridized carbons (Fsp3) is 0.0714. The Morgan fingerprint density at radius 3 is 2.57 bits per heavy atom. The first-order valence-corrected chi connectivity index (χ1v) is 8.36. The minimum Gasteiger partial charge on any atom is -0.495 e. The Labute approximate surface area is 146 Å². The normalized spacial score (nSPS) is 11.0. The maximum absolute atomic E-state index is 6.10. The summed E-state index contributed by atoms with van der Waals surface area (Å²) in [4.78, 5) is 4.41. The molecule has 0 bridgehead atoms. The van der Waals surface area contributed by atoms with Crippen LogP contribution in [0.3, 0.4) is 0 Å². The molecule has 0 aliphatic rings. The van der Waals surface area contributed by atoms with Crippen LogP contribution in [0.5, 0.6) is 5.75 Å². The second-order valence-electron chi connectivity index (χ2n) is 4.38. The second-order valence-corrected chi connectivity index (χ2v) is 7.00. The van der Waals surface area contributed by atoms with Crippen molar-refractivity contribution in [1.82, 2.24) is 9.55 Å². The van der Waals surface area contributed by atoms with Crippen LogP contribution in [-0.4, -0.2) is 16.7 Å². The van der Waals surface area contributed by atoms with Gasteiger partial charge in [0.1, 0.15) is 5.75 Å². The standard InChI is InChI=1S/C14H10Br3N3O/c1-21-13-6-12(8(16)5-9(13)17)20-11-3-2-7(15)4-10(11)19-14(20)18/h2-6H,1H3,(H2,18,19). The lowest BCUT2D eigenvalue weighted by Gasteiger charge is -2.12. The van der Waals surface area contributed by atoms with E-state index in [0.717, 1.165) is 35.9 Å². The second kappa shape index (κ2) is 5.62. The molecule has 0 aliphatic carbocycles. The largest absolute Gasteiger partial charge is 0.495 e. The summed E-state index contributed by atoms with van der Waals surface area (Å²) >= 11 is 10.5. The smallest absolute Gasteiger partial charge is 0.205 e. The molecule has 0 saturated carbocycles. The Morgan fingerprint density at radius 1 is 1.10 bits per heavy atom. The van der Waals surface area contributed by atoms with E-state index in [4.69, 9.17) is 10.5 Å². The van der Waals surface area contributed by atoms with Gasteiger partial charge in [-0.25, -0.2) is 4.98 Å². The van der Waals surface area contributed by atoms with Crippen LogP contribution in [0, 0.1) is 0 Å². The average molecular weight is 476 g/mol. The third kappa shape index (κ3) is 2.58. The highest BCUT2D eigenvalue weighted by Gasteiger charge is 2.15. The van der Waals surface area contributed by atoms with Crippen LogP contribution in [0.25, 0.3) is 16.7 Å². The van der Waals surface area contributed by atoms with Gasteiger partial charge in [0.2, 0.25) is 5.95 Å². The predicted molar refractivity (Wildman–Crippen MR) is 95.1 cm³/mol. The molecule has 1 heterocycles. The summed E-state index contributed by atoms with van der Waals surface area (Å²) < 4.78 is 9.97. The Balaban J connectivity index is 2.32. The molecule has 0 atom stereocenters. The van der Waals surface area contributed by atoms with E-state index in [1.54, 1.807) is 7.11 Å². The van der Waals surface area contributed by atoms with Crippen molar-refractivity contribution in [2.75, 3.05) is 12.8 Å². The van der Waals surface area contributed by atoms with Gasteiger partial charge in [-0.05, 0) is 56.1 Å². The molecule has 0 saturated heterocycles. The molecule has 0 spiro atoms. The number of anilines is 1. The molecule has 0 aliphatic heterocycles. The molecule has 3 rings (SSSR count). The lowest BCUT2D eigenvalue weighted by atomic mass is 10.2. The Bertz CT molecular complexity index is 845. The monoisotopic (exact) mass is 473 g/mol. The minimum atomic E-state index is 0.424. The van der Waals surface area contributed by atoms with Crippen LogP contribution >= 0.6 is 47.8 Å². The van der Waals surface area contributed by atoms with E-state index >= 15 is 0 Å². The van der Waals surface area contributed by atoms with Crippen molar-refractivity contribution < 1.29 is 4.74 Å². The number of benzene rings is 2. The number of fused-ring (bicyclic) bond motifs is 1. The highest BCUT2D eigenvalue weighted by molar-refractivity contribution is 9.11. The molecular weight excluding hydrogens is 466 g/mol. The maximum atomic E-state index is 6.10. The molecule has 0 fully saturated rings. The quantitative estimate of drug-likeness (QED) is 0.573. The Kier molecular flexibility index (Phi) is 3.98. The van der Waals surface area contributed by atoms with Crippen LogP contribution in [0.1, 0.15) is 0 Å². The number of imidazole rings is 1. The number of hydrogen-bond acceptors (Lipinski definition) is 3. The zero-order valence-electron chi connectivity index (χ0n) is 10.9. The van der Waals surface area contributed by atoms with Gasteiger partial charge in [0.25, 0.3) is 0 Å². The molecule has 3 aromatic rings. The summed E-state index contributed by atoms with van der Waals surface area (Å²) in [5.74, 6) is 1.15. The molecule has 108 valence electrons. The molecular formula is C14H10Br3N3O. The summed E-state index contributed by atoms with van der Waals surface area (Å²) in [7, 11) is 1.63. The van der Waals surface area contributed by atoms with E-state index in [1.807, 2.05) is 34.9 Å². The van der Waals surface area contributed by atoms with Gasteiger partial charge in [-0.2, -0.15) is 0 Å². The van der Waals surface area contributed by atoms with Crippen LogP contribution in [0.15, 0.2) is 43.7 Å². The number of nitrogen functional groups attached to an aromatic ring is 1. The van der Waals surface area contributed by atoms with Crippen molar-refractivity contribution in [3.63, 3.8) is 0 Å². The van der Waals surface area contributed by atoms with Gasteiger partial charge >= 0.3 is 0 Å². The van der Waals surface area contributed by atoms with Crippen molar-refractivity contribution in [3.05, 3.63) is 43.7 Å². The number of nitrogens with two attached hydrogens (primary N) is 1. The van der Waals surface area contributed by atoms with E-state index < -0.39 is 0 Å². The minimum absolute atomic E-state index is 0.424. The van der Waals surface area contributed by atoms with Crippen molar-refractivity contribution in [1.29, 1.82) is 0 Å². The van der Waals surface area contributed by atoms with Gasteiger partial charge in [-0.3, -0.25) is 4.57 Å². The molecule has 0 unspecified atom stereocenters. The topological polar surface area (TPSA) is 53.1 Å². The van der Waals surface area contributed by atoms with Crippen LogP contribution < -0.4 is 10.5 Å². The Morgan fingerprint density at radius 2 is 1.86 bits per heavy atom. The molecule has 0 amide bonds. The SMILES string of the molecule is COc1cc(-n2c(N)nc3cc(Br)ccc32)c(Br)cc1Br. The van der Waals surface area contributed by atoms with Gasteiger partial charge in [-0.15, -0.1) is 0 Å². The number of aromatic nitrogens is 2. The summed E-state index contributed by atoms with van der Waals surface area (Å²) in [6.07, 6.45) is 0. The van der Waals surface area contributed by atoms with Gasteiger partial charge in [0.05, 0.1) is 28.3 Å². The van der Waals surface area contributed by atoms with E-state index in [2.05, 4.69) is 52.8 Å². The van der Waals surface area contributed by atoms with Crippen LogP contribution in [0.2, 0.25) is 0 Å². The molecule has 21 heavy (non-hydrogen) atoms. The number of halogens is 3. The number of nitrogens with zero attached hydrogens (tertiary/aromatic N) is 2. The number of rotatable bonds is 2. The molecule has 4 nitrogen and oxygen atoms in total. The van der Waals surface area contributed by atoms with Gasteiger partial charge in [0.15, 0.2) is 0 Å². The number of ether oxygens (including phenoxy) is 1. The lowest BCUT2D eigenvalue weighted by Crippen LogP contribution is -2.02. The first-order valence-electron chi connectivity index (χ1n) is 5.98. The van der Waals surface area contributed by atoms with Gasteiger partial charge in [-0.1, -0.05) is 15.9 Å². The Hall–Kier alpha value is -1.05. The summed E-state index contributed by atoms with van der Waals surface area (Å²) in [5, 5.41) is 0. The first-order chi connectivity index (χ1) is 10.0. The third-order valence-electron chi connectivity index (χ3n) is 3.10. The van der Waals surface area contributed by atoms with E-state index in [-0.39, 0.29) is 0 Å². The molecule has 1 aromatic heterocycles. The highest BCUT2D eigenvalue weighted by Crippen LogP contribution is 2.36. The summed E-state index contributed by atoms with van der Waals surface area (Å²) in [6.45, 7) is 0. The van der Waals surface area contributed by atoms with Crippen molar-refractivity contribution in [2.24, 2.45) is 0 Å². The van der Waals surface area contributed by atoms with Crippen molar-refractivity contribution in [3.8, 4) is 11.4 Å². The van der Waals surface area contributed by atoms with E-state index in [1.165, 1.54) is 0 Å². The third-order valence-corrected chi connectivity index (χ3v) is 4.85. The molecule has 2 aromatic carbocycles. The maximum Gasteiger partial charge on any atom is 0.205 e. The van der Waals surface area contributed by atoms with Gasteiger partial charge in [0, 0.05) is 15.0 Å². The van der Waals surface area contributed by atoms with Crippen molar-refractivity contribution in [2.45, 2.75) is 0 Å². The van der Waals surface area contributed by atoms with Crippen LogP contribution in [0.4, 0.5) is 5.95 Å². The number of methoxy groups -OCH3 is 1. The van der Waals surface area contributed by atoms with Crippen LogP contribution in [-0.2, 0) is 0 Å². The zero-order chi connectivity index (χ0) is 15.1. The summed E-state index contributed by atoms with van der Waals surface area (Å²) in [5.41, 5.74) is 8.73. The number of hydrogen-bond donors (Lipinski definition) is 1. The van der Waals surface area contributed by atoms with Gasteiger partial charge < -0.3 is 10.5 Å². The fourth-order valence-corrected chi connectivity index (χ4v) is 3.85.